The molecule has 2 heteroatoms. The molecule has 0 bridgehead atoms. The van der Waals surface area contributed by atoms with Crippen LogP contribution in [-0.2, 0) is 0 Å². The van der Waals surface area contributed by atoms with Crippen molar-refractivity contribution in [3.8, 4) is 0 Å². The zero-order valence-corrected chi connectivity index (χ0v) is 16.5. The van der Waals surface area contributed by atoms with Gasteiger partial charge >= 0.3 is 146 Å². The van der Waals surface area contributed by atoms with Gasteiger partial charge in [0, 0.05) is 0 Å². The topological polar surface area (TPSA) is 0 Å². The second kappa shape index (κ2) is 6.51. The molecule has 0 nitrogen and oxygen atoms in total. The van der Waals surface area contributed by atoms with Crippen molar-refractivity contribution >= 4 is 35.3 Å². The van der Waals surface area contributed by atoms with E-state index in [9.17, 15) is 0 Å². The SMILES string of the molecule is Cc1ccccc1[As](=S)(c1ccccc1C)c1ccccc1C. The van der Waals surface area contributed by atoms with Crippen molar-refractivity contribution in [1.82, 2.24) is 0 Å². The number of rotatable bonds is 3. The Kier molecular flexibility index (Phi) is 4.62. The minimum absolute atomic E-state index is 1.31. The monoisotopic (exact) mass is 380 g/mol. The summed E-state index contributed by atoms with van der Waals surface area (Å²) in [6.45, 7) is 6.57. The van der Waals surface area contributed by atoms with E-state index < -0.39 is 11.9 Å². The van der Waals surface area contributed by atoms with E-state index in [4.69, 9.17) is 10.4 Å². The zero-order valence-electron chi connectivity index (χ0n) is 13.8. The second-order valence-electron chi connectivity index (χ2n) is 5.97. The third kappa shape index (κ3) is 2.84. The Labute approximate surface area is 145 Å². The normalized spacial score (nSPS) is 11.4. The summed E-state index contributed by atoms with van der Waals surface area (Å²) in [5.41, 5.74) is 3.92. The summed E-state index contributed by atoms with van der Waals surface area (Å²) in [7, 11) is 6.54. The fourth-order valence-electron chi connectivity index (χ4n) is 3.14. The van der Waals surface area contributed by atoms with Crippen LogP contribution >= 0.6 is 10.4 Å². The number of benzene rings is 3. The Morgan fingerprint density at radius 1 is 0.522 bits per heavy atom. The molecule has 0 aliphatic rings. The van der Waals surface area contributed by atoms with Crippen LogP contribution in [0.1, 0.15) is 16.7 Å². The summed E-state index contributed by atoms with van der Waals surface area (Å²) < 4.78 is 4.10. The molecule has 0 fully saturated rings. The predicted molar refractivity (Wildman–Crippen MR) is 106 cm³/mol. The first kappa shape index (κ1) is 16.3. The maximum absolute atomic E-state index is 6.54. The summed E-state index contributed by atoms with van der Waals surface area (Å²) in [6, 6.07) is 26.0. The molecule has 0 radical (unpaired) electrons. The third-order valence-electron chi connectivity index (χ3n) is 4.36. The zero-order chi connectivity index (χ0) is 16.4. The third-order valence-corrected chi connectivity index (χ3v) is 14.9. The van der Waals surface area contributed by atoms with Crippen LogP contribution in [0.4, 0.5) is 0 Å². The van der Waals surface area contributed by atoms with E-state index in [1.165, 1.54) is 29.7 Å². The molecule has 3 aromatic carbocycles. The van der Waals surface area contributed by atoms with Crippen LogP contribution in [0.25, 0.3) is 0 Å². The molecule has 0 saturated heterocycles. The van der Waals surface area contributed by atoms with Gasteiger partial charge in [0.15, 0.2) is 0 Å². The number of hydrogen-bond acceptors (Lipinski definition) is 1. The molecule has 0 unspecified atom stereocenters. The molecule has 0 aliphatic carbocycles. The van der Waals surface area contributed by atoms with E-state index in [1.54, 1.807) is 0 Å². The average Bonchev–Trinajstić information content (AvgIpc) is 2.55. The van der Waals surface area contributed by atoms with Gasteiger partial charge < -0.3 is 0 Å². The summed E-state index contributed by atoms with van der Waals surface area (Å²) in [6.07, 6.45) is 0. The molecule has 0 spiro atoms. The van der Waals surface area contributed by atoms with E-state index in [2.05, 4.69) is 93.6 Å². The van der Waals surface area contributed by atoms with Crippen molar-refractivity contribution in [1.29, 1.82) is 0 Å². The van der Waals surface area contributed by atoms with Gasteiger partial charge in [-0.1, -0.05) is 0 Å². The average molecular weight is 380 g/mol. The standard InChI is InChI=1S/C21H21AsS/c1-16-10-4-7-13-19(16)22(23,20-14-8-5-11-17(20)2)21-15-9-6-12-18(21)3/h4-15H,1-3H3. The Hall–Kier alpha value is -1.56. The summed E-state index contributed by atoms with van der Waals surface area (Å²) in [4.78, 5) is 0. The Bertz CT molecular complexity index is 778. The van der Waals surface area contributed by atoms with Crippen molar-refractivity contribution in [3.05, 3.63) is 89.5 Å². The molecular formula is C21H21AsS. The summed E-state index contributed by atoms with van der Waals surface area (Å²) >= 11 is -2.87. The first-order valence-corrected chi connectivity index (χ1v) is 13.3. The molecule has 0 aromatic heterocycles. The van der Waals surface area contributed by atoms with Gasteiger partial charge in [-0.05, 0) is 0 Å². The number of aryl methyl sites for hydroxylation is 3. The van der Waals surface area contributed by atoms with E-state index in [0.717, 1.165) is 0 Å². The number of hydrogen-bond donors (Lipinski definition) is 0. The van der Waals surface area contributed by atoms with Gasteiger partial charge in [0.2, 0.25) is 0 Å². The van der Waals surface area contributed by atoms with Crippen molar-refractivity contribution in [2.45, 2.75) is 20.8 Å². The van der Waals surface area contributed by atoms with Crippen molar-refractivity contribution in [2.75, 3.05) is 0 Å². The van der Waals surface area contributed by atoms with Gasteiger partial charge in [-0.2, -0.15) is 0 Å². The predicted octanol–water partition coefficient (Wildman–Crippen LogP) is 3.78. The van der Waals surface area contributed by atoms with E-state index in [-0.39, 0.29) is 0 Å². The molecule has 3 rings (SSSR count). The molecule has 0 atom stereocenters. The van der Waals surface area contributed by atoms with Crippen molar-refractivity contribution in [3.63, 3.8) is 0 Å². The van der Waals surface area contributed by atoms with Crippen molar-refractivity contribution in [2.24, 2.45) is 0 Å². The Morgan fingerprint density at radius 2 is 0.783 bits per heavy atom. The Balaban J connectivity index is 2.41. The van der Waals surface area contributed by atoms with Gasteiger partial charge in [0.25, 0.3) is 0 Å². The summed E-state index contributed by atoms with van der Waals surface area (Å²) in [5.74, 6) is 0. The summed E-state index contributed by atoms with van der Waals surface area (Å²) in [5, 5.41) is 0. The molecule has 0 saturated carbocycles. The molecule has 3 aromatic rings. The van der Waals surface area contributed by atoms with Crippen LogP contribution in [0, 0.1) is 20.8 Å². The minimum atomic E-state index is -2.87. The van der Waals surface area contributed by atoms with Crippen LogP contribution in [0.3, 0.4) is 0 Å². The van der Waals surface area contributed by atoms with Crippen molar-refractivity contribution < 1.29 is 0 Å². The van der Waals surface area contributed by atoms with Gasteiger partial charge in [-0.25, -0.2) is 0 Å². The molecule has 0 aliphatic heterocycles. The van der Waals surface area contributed by atoms with Gasteiger partial charge in [-0.15, -0.1) is 0 Å². The van der Waals surface area contributed by atoms with Crippen LogP contribution in [0.5, 0.6) is 0 Å². The van der Waals surface area contributed by atoms with E-state index in [1.807, 2.05) is 0 Å². The first-order chi connectivity index (χ1) is 11.0. The molecular weight excluding hydrogens is 359 g/mol. The van der Waals surface area contributed by atoms with Crippen LogP contribution in [0.15, 0.2) is 72.8 Å². The van der Waals surface area contributed by atoms with Crippen LogP contribution in [0.2, 0.25) is 0 Å². The van der Waals surface area contributed by atoms with Gasteiger partial charge in [0.1, 0.15) is 0 Å². The molecule has 0 heterocycles. The Morgan fingerprint density at radius 3 is 1.04 bits per heavy atom. The fourth-order valence-corrected chi connectivity index (χ4v) is 13.4. The second-order valence-corrected chi connectivity index (χ2v) is 14.4. The van der Waals surface area contributed by atoms with E-state index >= 15 is 0 Å². The van der Waals surface area contributed by atoms with Crippen LogP contribution < -0.4 is 13.1 Å². The first-order valence-electron chi connectivity index (χ1n) is 7.84. The van der Waals surface area contributed by atoms with Gasteiger partial charge in [-0.3, -0.25) is 0 Å². The molecule has 23 heavy (non-hydrogen) atoms. The van der Waals surface area contributed by atoms with Gasteiger partial charge in [0.05, 0.1) is 0 Å². The quantitative estimate of drug-likeness (QED) is 0.624. The fraction of sp³-hybridized carbons (Fsp3) is 0.143. The molecule has 0 amide bonds. The maximum atomic E-state index is 6.54. The molecule has 0 N–H and O–H groups in total. The molecule has 116 valence electrons. The van der Waals surface area contributed by atoms with Crippen LogP contribution in [-0.4, -0.2) is 11.9 Å². The van der Waals surface area contributed by atoms with E-state index in [0.29, 0.717) is 0 Å².